The van der Waals surface area contributed by atoms with Crippen LogP contribution in [-0.2, 0) is 11.3 Å². The van der Waals surface area contributed by atoms with Gasteiger partial charge in [0.05, 0.1) is 37.2 Å². The molecule has 0 saturated carbocycles. The van der Waals surface area contributed by atoms with Gasteiger partial charge in [0.2, 0.25) is 0 Å². The summed E-state index contributed by atoms with van der Waals surface area (Å²) in [4.78, 5) is 18.7. The Bertz CT molecular complexity index is 571. The Morgan fingerprint density at radius 2 is 2.50 bits per heavy atom. The molecule has 0 radical (unpaired) electrons. The largest absolute Gasteiger partial charge is 0.468 e. The van der Waals surface area contributed by atoms with Crippen LogP contribution in [0.15, 0.2) is 34.5 Å². The van der Waals surface area contributed by atoms with E-state index in [-0.39, 0.29) is 12.0 Å². The molecule has 0 bridgehead atoms. The molecule has 1 aliphatic heterocycles. The molecule has 1 N–H and O–H groups in total. The van der Waals surface area contributed by atoms with Gasteiger partial charge in [0.1, 0.15) is 10.6 Å². The summed E-state index contributed by atoms with van der Waals surface area (Å²) >= 11 is 1.35. The van der Waals surface area contributed by atoms with Crippen molar-refractivity contribution in [1.29, 1.82) is 0 Å². The maximum Gasteiger partial charge on any atom is 0.262 e. The van der Waals surface area contributed by atoms with Crippen LogP contribution in [-0.4, -0.2) is 48.1 Å². The maximum atomic E-state index is 11.8. The molecule has 6 nitrogen and oxygen atoms in total. The highest BCUT2D eigenvalue weighted by Gasteiger charge is 2.21. The number of nitrogens with zero attached hydrogens (tertiary/aromatic N) is 2. The van der Waals surface area contributed by atoms with Crippen molar-refractivity contribution in [1.82, 2.24) is 15.2 Å². The number of aromatic nitrogens is 1. The first-order valence-corrected chi connectivity index (χ1v) is 8.22. The molecular weight excluding hydrogens is 302 g/mol. The summed E-state index contributed by atoms with van der Waals surface area (Å²) < 4.78 is 11.1. The second-order valence-corrected chi connectivity index (χ2v) is 6.10. The number of hydrogen-bond acceptors (Lipinski definition) is 6. The highest BCUT2D eigenvalue weighted by atomic mass is 32.1. The van der Waals surface area contributed by atoms with Gasteiger partial charge in [-0.15, -0.1) is 11.3 Å². The van der Waals surface area contributed by atoms with Gasteiger partial charge >= 0.3 is 0 Å². The summed E-state index contributed by atoms with van der Waals surface area (Å²) in [6, 6.07) is 3.89. The number of carbonyl (C=O) groups excluding carboxylic acids is 1. The lowest BCUT2D eigenvalue weighted by Crippen LogP contribution is -2.43. The van der Waals surface area contributed by atoms with E-state index >= 15 is 0 Å². The van der Waals surface area contributed by atoms with Crippen LogP contribution < -0.4 is 5.32 Å². The summed E-state index contributed by atoms with van der Waals surface area (Å²) in [6.45, 7) is 3.89. The van der Waals surface area contributed by atoms with Gasteiger partial charge in [-0.2, -0.15) is 0 Å². The molecule has 3 heterocycles. The molecule has 1 saturated heterocycles. The first-order chi connectivity index (χ1) is 10.8. The number of nitrogens with one attached hydrogen (secondary N) is 1. The average molecular weight is 321 g/mol. The minimum Gasteiger partial charge on any atom is -0.468 e. The fourth-order valence-electron chi connectivity index (χ4n) is 2.48. The Morgan fingerprint density at radius 1 is 1.55 bits per heavy atom. The second-order valence-electron chi connectivity index (χ2n) is 5.22. The molecule has 2 aromatic heterocycles. The number of morpholine rings is 1. The Morgan fingerprint density at radius 3 is 3.27 bits per heavy atom. The number of ether oxygens (including phenoxy) is 1. The minimum atomic E-state index is -0.0641. The quantitative estimate of drug-likeness (QED) is 0.878. The lowest BCUT2D eigenvalue weighted by molar-refractivity contribution is -0.0358. The monoisotopic (exact) mass is 321 g/mol. The normalized spacial score (nSPS) is 19.2. The lowest BCUT2D eigenvalue weighted by Gasteiger charge is -2.32. The van der Waals surface area contributed by atoms with E-state index in [0.29, 0.717) is 18.0 Å². The number of thiazole rings is 1. The molecule has 0 spiro atoms. The molecule has 1 atom stereocenters. The van der Waals surface area contributed by atoms with E-state index in [1.54, 1.807) is 18.0 Å². The third-order valence-electron chi connectivity index (χ3n) is 3.59. The van der Waals surface area contributed by atoms with Crippen LogP contribution in [0.1, 0.15) is 21.9 Å². The van der Waals surface area contributed by atoms with Crippen molar-refractivity contribution in [3.8, 4) is 0 Å². The van der Waals surface area contributed by atoms with E-state index in [9.17, 15) is 4.79 Å². The van der Waals surface area contributed by atoms with Crippen LogP contribution in [0.5, 0.6) is 0 Å². The minimum absolute atomic E-state index is 0.0641. The van der Waals surface area contributed by atoms with Gasteiger partial charge in [0, 0.05) is 19.6 Å². The van der Waals surface area contributed by atoms with Gasteiger partial charge in [0.25, 0.3) is 5.91 Å². The van der Waals surface area contributed by atoms with Gasteiger partial charge in [0.15, 0.2) is 0 Å². The van der Waals surface area contributed by atoms with Gasteiger partial charge in [-0.05, 0) is 18.6 Å². The number of carbonyl (C=O) groups is 1. The van der Waals surface area contributed by atoms with Gasteiger partial charge in [-0.25, -0.2) is 0 Å². The Labute approximate surface area is 133 Å². The molecule has 118 valence electrons. The zero-order chi connectivity index (χ0) is 15.2. The van der Waals surface area contributed by atoms with Crippen molar-refractivity contribution >= 4 is 17.2 Å². The summed E-state index contributed by atoms with van der Waals surface area (Å²) in [6.07, 6.45) is 4.23. The first-order valence-electron chi connectivity index (χ1n) is 7.34. The molecule has 7 heteroatoms. The molecule has 1 amide bonds. The highest BCUT2D eigenvalue weighted by molar-refractivity contribution is 7.11. The van der Waals surface area contributed by atoms with Crippen LogP contribution >= 0.6 is 11.3 Å². The molecule has 0 aromatic carbocycles. The molecule has 1 fully saturated rings. The summed E-state index contributed by atoms with van der Waals surface area (Å²) in [5, 5.41) is 2.91. The van der Waals surface area contributed by atoms with Gasteiger partial charge < -0.3 is 14.5 Å². The van der Waals surface area contributed by atoms with E-state index in [2.05, 4.69) is 15.2 Å². The van der Waals surface area contributed by atoms with E-state index in [0.717, 1.165) is 31.8 Å². The van der Waals surface area contributed by atoms with Crippen molar-refractivity contribution in [2.75, 3.05) is 26.2 Å². The highest BCUT2D eigenvalue weighted by Crippen LogP contribution is 2.13. The van der Waals surface area contributed by atoms with Crippen LogP contribution in [0, 0.1) is 0 Å². The second kappa shape index (κ2) is 7.53. The molecule has 1 unspecified atom stereocenters. The fourth-order valence-corrected chi connectivity index (χ4v) is 3.02. The maximum absolute atomic E-state index is 11.8. The fraction of sp³-hybridized carbons (Fsp3) is 0.467. The number of rotatable bonds is 6. The average Bonchev–Trinajstić information content (AvgIpc) is 3.21. The van der Waals surface area contributed by atoms with Crippen molar-refractivity contribution < 1.29 is 13.9 Å². The van der Waals surface area contributed by atoms with Crippen molar-refractivity contribution in [3.05, 3.63) is 40.7 Å². The van der Waals surface area contributed by atoms with E-state index < -0.39 is 0 Å². The van der Waals surface area contributed by atoms with Gasteiger partial charge in [-0.1, -0.05) is 0 Å². The zero-order valence-corrected chi connectivity index (χ0v) is 13.1. The Kier molecular flexibility index (Phi) is 5.20. The van der Waals surface area contributed by atoms with Crippen molar-refractivity contribution in [3.63, 3.8) is 0 Å². The third-order valence-corrected chi connectivity index (χ3v) is 4.36. The van der Waals surface area contributed by atoms with Crippen LogP contribution in [0.4, 0.5) is 0 Å². The number of amides is 1. The van der Waals surface area contributed by atoms with Crippen LogP contribution in [0.2, 0.25) is 0 Å². The number of furan rings is 1. The van der Waals surface area contributed by atoms with Crippen molar-refractivity contribution in [2.24, 2.45) is 0 Å². The standard InChI is InChI=1S/C15H19N3O3S/c19-15(14-8-16-11-22-14)17-4-3-13-10-18(5-7-21-13)9-12-2-1-6-20-12/h1-2,6,8,11,13H,3-5,7,9-10H2,(H,17,19). The number of hydrogen-bond donors (Lipinski definition) is 1. The van der Waals surface area contributed by atoms with Gasteiger partial charge in [-0.3, -0.25) is 14.7 Å². The molecule has 3 rings (SSSR count). The molecule has 1 aliphatic rings. The lowest BCUT2D eigenvalue weighted by atomic mass is 10.2. The molecular formula is C15H19N3O3S. The predicted octanol–water partition coefficient (Wildman–Crippen LogP) is 1.76. The predicted molar refractivity (Wildman–Crippen MR) is 82.8 cm³/mol. The Hall–Kier alpha value is -1.70. The first kappa shape index (κ1) is 15.2. The topological polar surface area (TPSA) is 67.6 Å². The summed E-state index contributed by atoms with van der Waals surface area (Å²) in [5.74, 6) is 0.907. The van der Waals surface area contributed by atoms with E-state index in [1.807, 2.05) is 12.1 Å². The summed E-state index contributed by atoms with van der Waals surface area (Å²) in [5.41, 5.74) is 1.66. The molecule has 2 aromatic rings. The van der Waals surface area contributed by atoms with Crippen LogP contribution in [0.25, 0.3) is 0 Å². The molecule has 0 aliphatic carbocycles. The molecule has 22 heavy (non-hydrogen) atoms. The van der Waals surface area contributed by atoms with Crippen molar-refractivity contribution in [2.45, 2.75) is 19.1 Å². The van der Waals surface area contributed by atoms with E-state index in [1.165, 1.54) is 11.3 Å². The van der Waals surface area contributed by atoms with E-state index in [4.69, 9.17) is 9.15 Å². The zero-order valence-electron chi connectivity index (χ0n) is 12.2. The Balaban J connectivity index is 1.40. The summed E-state index contributed by atoms with van der Waals surface area (Å²) in [7, 11) is 0. The smallest absolute Gasteiger partial charge is 0.262 e. The SMILES string of the molecule is O=C(NCCC1CN(Cc2ccco2)CCO1)c1cncs1. The third kappa shape index (κ3) is 4.16. The van der Waals surface area contributed by atoms with Crippen LogP contribution in [0.3, 0.4) is 0 Å².